The van der Waals surface area contributed by atoms with E-state index in [1.807, 2.05) is 31.2 Å². The molecule has 0 aliphatic carbocycles. The fourth-order valence-electron chi connectivity index (χ4n) is 3.49. The van der Waals surface area contributed by atoms with Gasteiger partial charge in [0.2, 0.25) is 0 Å². The number of ether oxygens (including phenoxy) is 2. The van der Waals surface area contributed by atoms with Crippen LogP contribution >= 0.6 is 23.6 Å². The minimum Gasteiger partial charge on any atom is -0.493 e. The lowest BCUT2D eigenvalue weighted by atomic mass is 10.2. The Labute approximate surface area is 179 Å². The van der Waals surface area contributed by atoms with Gasteiger partial charge in [0.05, 0.1) is 24.9 Å². The van der Waals surface area contributed by atoms with Crippen molar-refractivity contribution in [1.29, 1.82) is 0 Å². The van der Waals surface area contributed by atoms with Crippen LogP contribution in [0.25, 0.3) is 11.5 Å². The van der Waals surface area contributed by atoms with Crippen molar-refractivity contribution in [3.63, 3.8) is 0 Å². The molecule has 2 aromatic heterocycles. The largest absolute Gasteiger partial charge is 0.493 e. The van der Waals surface area contributed by atoms with Gasteiger partial charge in [0.25, 0.3) is 10.7 Å². The summed E-state index contributed by atoms with van der Waals surface area (Å²) in [6, 6.07) is 12.0. The summed E-state index contributed by atoms with van der Waals surface area (Å²) in [5.41, 5.74) is 0.808. The topological polar surface area (TPSA) is 52.7 Å². The van der Waals surface area contributed by atoms with Gasteiger partial charge < -0.3 is 13.9 Å². The van der Waals surface area contributed by atoms with Crippen molar-refractivity contribution in [1.82, 2.24) is 14.7 Å². The van der Waals surface area contributed by atoms with Gasteiger partial charge in [-0.05, 0) is 55.6 Å². The van der Waals surface area contributed by atoms with Gasteiger partial charge in [0.1, 0.15) is 5.75 Å². The zero-order valence-corrected chi connectivity index (χ0v) is 18.1. The Hall–Kier alpha value is -2.00. The van der Waals surface area contributed by atoms with E-state index in [1.54, 1.807) is 16.0 Å². The maximum absolute atomic E-state index is 5.85. The fraction of sp³-hybridized carbons (Fsp3) is 0.429. The first-order chi connectivity index (χ1) is 14.2. The molecule has 0 spiro atoms. The van der Waals surface area contributed by atoms with E-state index in [4.69, 9.17) is 26.1 Å². The number of hydrogen-bond acceptors (Lipinski definition) is 7. The molecule has 0 bridgehead atoms. The number of para-hydroxylation sites is 1. The lowest BCUT2D eigenvalue weighted by Crippen LogP contribution is -2.33. The second-order valence-electron chi connectivity index (χ2n) is 6.97. The van der Waals surface area contributed by atoms with Crippen molar-refractivity contribution in [2.45, 2.75) is 39.1 Å². The highest BCUT2D eigenvalue weighted by atomic mass is 32.1. The molecule has 0 radical (unpaired) electrons. The predicted octanol–water partition coefficient (Wildman–Crippen LogP) is 4.97. The van der Waals surface area contributed by atoms with Crippen LogP contribution in [0.3, 0.4) is 0 Å². The Balaban J connectivity index is 1.55. The van der Waals surface area contributed by atoms with Gasteiger partial charge in [0, 0.05) is 24.6 Å². The van der Waals surface area contributed by atoms with E-state index in [9.17, 15) is 0 Å². The molecular formula is C21H25N3O3S2. The maximum Gasteiger partial charge on any atom is 0.288 e. The summed E-state index contributed by atoms with van der Waals surface area (Å²) in [6.07, 6.45) is 2.48. The number of rotatable bonds is 9. The molecule has 3 aromatic rings. The summed E-state index contributed by atoms with van der Waals surface area (Å²) < 4.78 is 19.1. The standard InChI is InChI=1S/C21H25N3O3S2/c1-2-25-19-10-4-3-9-18(19)20-22-24(21(28)27-20)15-23(13-16-7-5-11-26-16)14-17-8-6-12-29-17/h3-4,6,8-10,12,16H,2,5,7,11,13-15H2,1H3. The molecule has 154 valence electrons. The molecule has 1 aromatic carbocycles. The zero-order chi connectivity index (χ0) is 20.1. The monoisotopic (exact) mass is 431 g/mol. The molecule has 1 fully saturated rings. The summed E-state index contributed by atoms with van der Waals surface area (Å²) in [6.45, 7) is 5.61. The molecular weight excluding hydrogens is 406 g/mol. The first-order valence-electron chi connectivity index (χ1n) is 9.89. The van der Waals surface area contributed by atoms with Crippen LogP contribution in [0, 0.1) is 4.84 Å². The van der Waals surface area contributed by atoms with E-state index in [-0.39, 0.29) is 6.10 Å². The van der Waals surface area contributed by atoms with Crippen molar-refractivity contribution in [3.8, 4) is 17.2 Å². The van der Waals surface area contributed by atoms with E-state index < -0.39 is 0 Å². The van der Waals surface area contributed by atoms with Crippen molar-refractivity contribution in [2.75, 3.05) is 19.8 Å². The number of benzene rings is 1. The third-order valence-electron chi connectivity index (χ3n) is 4.80. The molecule has 29 heavy (non-hydrogen) atoms. The predicted molar refractivity (Wildman–Crippen MR) is 116 cm³/mol. The zero-order valence-electron chi connectivity index (χ0n) is 16.5. The molecule has 3 heterocycles. The molecule has 0 N–H and O–H groups in total. The van der Waals surface area contributed by atoms with Crippen molar-refractivity contribution in [3.05, 3.63) is 51.5 Å². The molecule has 1 atom stereocenters. The summed E-state index contributed by atoms with van der Waals surface area (Å²) in [5.74, 6) is 1.22. The SMILES string of the molecule is CCOc1ccccc1-c1nn(CN(Cc2cccs2)CC2CCCO2)c(=S)o1. The summed E-state index contributed by atoms with van der Waals surface area (Å²) in [5, 5.41) is 6.75. The van der Waals surface area contributed by atoms with E-state index in [0.717, 1.165) is 43.9 Å². The average Bonchev–Trinajstić information content (AvgIpc) is 3.47. The van der Waals surface area contributed by atoms with Crippen LogP contribution in [0.4, 0.5) is 0 Å². The minimum absolute atomic E-state index is 0.259. The molecule has 8 heteroatoms. The molecule has 6 nitrogen and oxygen atoms in total. The van der Waals surface area contributed by atoms with Gasteiger partial charge in [0.15, 0.2) is 0 Å². The normalized spacial score (nSPS) is 16.6. The fourth-order valence-corrected chi connectivity index (χ4v) is 4.41. The van der Waals surface area contributed by atoms with Gasteiger partial charge in [-0.1, -0.05) is 18.2 Å². The van der Waals surface area contributed by atoms with Crippen molar-refractivity contribution in [2.24, 2.45) is 0 Å². The van der Waals surface area contributed by atoms with E-state index in [2.05, 4.69) is 27.5 Å². The second-order valence-corrected chi connectivity index (χ2v) is 8.35. The van der Waals surface area contributed by atoms with Crippen LogP contribution in [0.5, 0.6) is 5.75 Å². The molecule has 1 aliphatic rings. The van der Waals surface area contributed by atoms with Gasteiger partial charge in [-0.15, -0.1) is 16.4 Å². The number of thiophene rings is 1. The summed E-state index contributed by atoms with van der Waals surface area (Å²) in [4.78, 5) is 3.98. The molecule has 1 aliphatic heterocycles. The molecule has 0 amide bonds. The minimum atomic E-state index is 0.259. The number of hydrogen-bond donors (Lipinski definition) is 0. The Kier molecular flexibility index (Phi) is 6.76. The van der Waals surface area contributed by atoms with Crippen molar-refractivity contribution >= 4 is 23.6 Å². The second kappa shape index (κ2) is 9.67. The Morgan fingerprint density at radius 2 is 2.21 bits per heavy atom. The van der Waals surface area contributed by atoms with Gasteiger partial charge in [-0.2, -0.15) is 0 Å². The van der Waals surface area contributed by atoms with Crippen molar-refractivity contribution < 1.29 is 13.9 Å². The van der Waals surface area contributed by atoms with Crippen LogP contribution in [0.1, 0.15) is 24.6 Å². The first kappa shape index (κ1) is 20.3. The van der Waals surface area contributed by atoms with Crippen LogP contribution in [-0.2, 0) is 18.0 Å². The lowest BCUT2D eigenvalue weighted by Gasteiger charge is -2.24. The number of nitrogens with zero attached hydrogens (tertiary/aromatic N) is 3. The highest BCUT2D eigenvalue weighted by Gasteiger charge is 2.21. The van der Waals surface area contributed by atoms with E-state index in [1.165, 1.54) is 4.88 Å². The summed E-state index contributed by atoms with van der Waals surface area (Å²) >= 11 is 7.22. The third-order valence-corrected chi connectivity index (χ3v) is 5.96. The third kappa shape index (κ3) is 5.14. The van der Waals surface area contributed by atoms with Crippen LogP contribution in [0.2, 0.25) is 0 Å². The average molecular weight is 432 g/mol. The van der Waals surface area contributed by atoms with Gasteiger partial charge in [-0.3, -0.25) is 4.90 Å². The maximum atomic E-state index is 5.85. The Bertz CT molecular complexity index is 962. The van der Waals surface area contributed by atoms with E-state index >= 15 is 0 Å². The molecule has 4 rings (SSSR count). The smallest absolute Gasteiger partial charge is 0.288 e. The van der Waals surface area contributed by atoms with Crippen LogP contribution < -0.4 is 4.74 Å². The van der Waals surface area contributed by atoms with E-state index in [0.29, 0.717) is 24.0 Å². The first-order valence-corrected chi connectivity index (χ1v) is 11.2. The van der Waals surface area contributed by atoms with Gasteiger partial charge >= 0.3 is 0 Å². The highest BCUT2D eigenvalue weighted by Crippen LogP contribution is 2.29. The molecule has 1 unspecified atom stereocenters. The summed E-state index contributed by atoms with van der Waals surface area (Å²) in [7, 11) is 0. The van der Waals surface area contributed by atoms with Crippen LogP contribution in [-0.4, -0.2) is 40.5 Å². The van der Waals surface area contributed by atoms with Gasteiger partial charge in [-0.25, -0.2) is 4.68 Å². The lowest BCUT2D eigenvalue weighted by molar-refractivity contribution is 0.0568. The highest BCUT2D eigenvalue weighted by molar-refractivity contribution is 7.71. The van der Waals surface area contributed by atoms with Crippen LogP contribution in [0.15, 0.2) is 46.2 Å². The Morgan fingerprint density at radius 1 is 1.31 bits per heavy atom. The quantitative estimate of drug-likeness (QED) is 0.446. The molecule has 0 saturated carbocycles. The molecule has 1 saturated heterocycles. The Morgan fingerprint density at radius 3 is 2.97 bits per heavy atom. The number of aromatic nitrogens is 2.